The third-order valence-corrected chi connectivity index (χ3v) is 2.87. The normalized spacial score (nSPS) is 12.4. The Morgan fingerprint density at radius 1 is 1.14 bits per heavy atom. The van der Waals surface area contributed by atoms with E-state index in [9.17, 15) is 9.59 Å². The van der Waals surface area contributed by atoms with Gasteiger partial charge in [0.1, 0.15) is 6.04 Å². The minimum absolute atomic E-state index is 0.0198. The van der Waals surface area contributed by atoms with Gasteiger partial charge in [0, 0.05) is 18.3 Å². The van der Waals surface area contributed by atoms with Gasteiger partial charge in [0.2, 0.25) is 11.8 Å². The molecule has 1 atom stereocenters. The van der Waals surface area contributed by atoms with E-state index in [0.29, 0.717) is 6.42 Å². The molecule has 0 aliphatic rings. The number of hydrogen-bond donors (Lipinski definition) is 3. The molecule has 0 unspecified atom stereocenters. The van der Waals surface area contributed by atoms with Crippen molar-refractivity contribution < 1.29 is 9.59 Å². The molecule has 5 nitrogen and oxygen atoms in total. The smallest absolute Gasteiger partial charge is 0.242 e. The molecule has 0 heterocycles. The predicted octanol–water partition coefficient (Wildman–Crippen LogP) is 1.69. The largest absolute Gasteiger partial charge is 0.374 e. The van der Waals surface area contributed by atoms with Gasteiger partial charge in [0.05, 0.1) is 6.42 Å². The number of benzene rings is 1. The number of carbonyl (C=O) groups excluding carboxylic acids is 2. The Bertz CT molecular complexity index is 489. The summed E-state index contributed by atoms with van der Waals surface area (Å²) in [5.74, 6) is -0.0643. The summed E-state index contributed by atoms with van der Waals surface area (Å²) in [4.78, 5) is 23.3. The van der Waals surface area contributed by atoms with Crippen molar-refractivity contribution in [1.82, 2.24) is 10.6 Å². The Balaban J connectivity index is 2.59. The average Bonchev–Trinajstić information content (AvgIpc) is 2.38. The molecule has 3 N–H and O–H groups in total. The maximum atomic E-state index is 12.0. The lowest BCUT2D eigenvalue weighted by Crippen LogP contribution is -2.47. The molecule has 1 aromatic carbocycles. The topological polar surface area (TPSA) is 70.2 Å². The van der Waals surface area contributed by atoms with E-state index in [-0.39, 0.29) is 23.4 Å². The van der Waals surface area contributed by atoms with Gasteiger partial charge in [-0.2, -0.15) is 0 Å². The van der Waals surface area contributed by atoms with E-state index in [0.717, 1.165) is 11.3 Å². The summed E-state index contributed by atoms with van der Waals surface area (Å²) < 4.78 is 0. The van der Waals surface area contributed by atoms with Crippen LogP contribution in [-0.4, -0.2) is 30.4 Å². The van der Waals surface area contributed by atoms with Crippen molar-refractivity contribution in [3.05, 3.63) is 29.8 Å². The van der Waals surface area contributed by atoms with Crippen LogP contribution in [0.3, 0.4) is 0 Å². The second-order valence-corrected chi connectivity index (χ2v) is 6.15. The highest BCUT2D eigenvalue weighted by Crippen LogP contribution is 2.12. The van der Waals surface area contributed by atoms with E-state index in [1.54, 1.807) is 7.05 Å². The van der Waals surface area contributed by atoms with Gasteiger partial charge in [-0.1, -0.05) is 12.1 Å². The molecular formula is C16H25N3O2. The number of likely N-dealkylation sites (N-methyl/N-ethyl adjacent to an activating group) is 1. The summed E-state index contributed by atoms with van der Waals surface area (Å²) in [7, 11) is 1.62. The molecule has 2 amide bonds. The fourth-order valence-electron chi connectivity index (χ4n) is 1.79. The molecule has 5 heteroatoms. The van der Waals surface area contributed by atoms with Crippen LogP contribution in [0.2, 0.25) is 0 Å². The lowest BCUT2D eigenvalue weighted by molar-refractivity contribution is -0.123. The lowest BCUT2D eigenvalue weighted by atomic mass is 10.1. The third kappa shape index (κ3) is 6.29. The zero-order valence-electron chi connectivity index (χ0n) is 13.4. The van der Waals surface area contributed by atoms with Crippen LogP contribution in [0.5, 0.6) is 0 Å². The summed E-state index contributed by atoms with van der Waals surface area (Å²) in [6, 6.07) is 7.19. The molecule has 0 saturated heterocycles. The van der Waals surface area contributed by atoms with Crippen molar-refractivity contribution in [2.24, 2.45) is 0 Å². The minimum atomic E-state index is -0.325. The van der Waals surface area contributed by atoms with Crippen LogP contribution in [0.1, 0.15) is 33.3 Å². The summed E-state index contributed by atoms with van der Waals surface area (Å²) in [6.45, 7) is 7.67. The molecule has 0 radical (unpaired) electrons. The van der Waals surface area contributed by atoms with Gasteiger partial charge in [-0.15, -0.1) is 0 Å². The Hall–Kier alpha value is -2.04. The van der Waals surface area contributed by atoms with E-state index in [1.165, 1.54) is 0 Å². The van der Waals surface area contributed by atoms with Crippen LogP contribution < -0.4 is 16.0 Å². The zero-order chi connectivity index (χ0) is 16.0. The maximum absolute atomic E-state index is 12.0. The Kier molecular flexibility index (Phi) is 5.76. The quantitative estimate of drug-likeness (QED) is 0.773. The number of carbonyl (C=O) groups is 2. The van der Waals surface area contributed by atoms with Crippen LogP contribution in [0.25, 0.3) is 0 Å². The van der Waals surface area contributed by atoms with Gasteiger partial charge in [-0.3, -0.25) is 9.59 Å². The van der Waals surface area contributed by atoms with Crippen molar-refractivity contribution in [2.45, 2.75) is 45.7 Å². The molecule has 0 aromatic heterocycles. The lowest BCUT2D eigenvalue weighted by Gasteiger charge is -2.24. The first-order valence-electron chi connectivity index (χ1n) is 7.09. The fourth-order valence-corrected chi connectivity index (χ4v) is 1.79. The second kappa shape index (κ2) is 7.11. The van der Waals surface area contributed by atoms with E-state index < -0.39 is 0 Å². The Labute approximate surface area is 126 Å². The van der Waals surface area contributed by atoms with Crippen molar-refractivity contribution in [2.75, 3.05) is 12.4 Å². The van der Waals surface area contributed by atoms with Crippen molar-refractivity contribution in [3.8, 4) is 0 Å². The van der Waals surface area contributed by atoms with Gasteiger partial charge < -0.3 is 16.0 Å². The van der Waals surface area contributed by atoms with Crippen LogP contribution in [0.15, 0.2) is 24.3 Å². The van der Waals surface area contributed by atoms with Crippen LogP contribution in [0.4, 0.5) is 5.69 Å². The third-order valence-electron chi connectivity index (χ3n) is 2.87. The van der Waals surface area contributed by atoms with E-state index in [1.807, 2.05) is 52.0 Å². The molecule has 0 bridgehead atoms. The summed E-state index contributed by atoms with van der Waals surface area (Å²) in [5.41, 5.74) is 1.55. The number of rotatable bonds is 5. The monoisotopic (exact) mass is 291 g/mol. The second-order valence-electron chi connectivity index (χ2n) is 6.15. The molecule has 21 heavy (non-hydrogen) atoms. The highest BCUT2D eigenvalue weighted by atomic mass is 16.2. The molecule has 0 fully saturated rings. The van der Waals surface area contributed by atoms with Gasteiger partial charge in [-0.25, -0.2) is 0 Å². The van der Waals surface area contributed by atoms with Gasteiger partial charge in [0.15, 0.2) is 0 Å². The van der Waals surface area contributed by atoms with Crippen LogP contribution in [-0.2, 0) is 16.0 Å². The number of anilines is 1. The highest BCUT2D eigenvalue weighted by Gasteiger charge is 2.18. The number of hydrogen-bond acceptors (Lipinski definition) is 3. The summed E-state index contributed by atoms with van der Waals surface area (Å²) in [6.07, 6.45) is 0.358. The van der Waals surface area contributed by atoms with Gasteiger partial charge >= 0.3 is 0 Å². The Morgan fingerprint density at radius 3 is 2.19 bits per heavy atom. The molecule has 0 aliphatic carbocycles. The molecule has 1 rings (SSSR count). The van der Waals surface area contributed by atoms with E-state index in [2.05, 4.69) is 16.0 Å². The fraction of sp³-hybridized carbons (Fsp3) is 0.500. The average molecular weight is 291 g/mol. The summed E-state index contributed by atoms with van der Waals surface area (Å²) >= 11 is 0. The number of nitrogens with one attached hydrogen (secondary N) is 3. The van der Waals surface area contributed by atoms with Gasteiger partial charge in [0.25, 0.3) is 0 Å². The molecule has 0 aliphatic heterocycles. The standard InChI is InChI=1S/C16H25N3O2/c1-11(15(21)19-16(2,3)4)18-13-8-6-12(7-9-13)10-14(20)17-5/h6-9,11,18H,10H2,1-5H3,(H,17,20)(H,19,21)/t11-/m1/s1. The van der Waals surface area contributed by atoms with Crippen molar-refractivity contribution in [3.63, 3.8) is 0 Å². The van der Waals surface area contributed by atoms with E-state index >= 15 is 0 Å². The molecule has 0 saturated carbocycles. The van der Waals surface area contributed by atoms with Gasteiger partial charge in [-0.05, 0) is 45.4 Å². The maximum Gasteiger partial charge on any atom is 0.242 e. The molecule has 116 valence electrons. The summed E-state index contributed by atoms with van der Waals surface area (Å²) in [5, 5.41) is 8.67. The van der Waals surface area contributed by atoms with Crippen LogP contribution >= 0.6 is 0 Å². The molecular weight excluding hydrogens is 266 g/mol. The van der Waals surface area contributed by atoms with Crippen molar-refractivity contribution >= 4 is 17.5 Å². The first-order chi connectivity index (χ1) is 9.71. The first kappa shape index (κ1) is 17.0. The Morgan fingerprint density at radius 2 is 1.71 bits per heavy atom. The first-order valence-corrected chi connectivity index (χ1v) is 7.09. The molecule has 0 spiro atoms. The minimum Gasteiger partial charge on any atom is -0.374 e. The van der Waals surface area contributed by atoms with Crippen molar-refractivity contribution in [1.29, 1.82) is 0 Å². The SMILES string of the molecule is CNC(=O)Cc1ccc(N[C@H](C)C(=O)NC(C)(C)C)cc1. The zero-order valence-corrected chi connectivity index (χ0v) is 13.4. The highest BCUT2D eigenvalue weighted by molar-refractivity contribution is 5.84. The molecule has 1 aromatic rings. The predicted molar refractivity (Wildman–Crippen MR) is 85.2 cm³/mol. The number of amides is 2. The van der Waals surface area contributed by atoms with E-state index in [4.69, 9.17) is 0 Å². The van der Waals surface area contributed by atoms with Crippen LogP contribution in [0, 0.1) is 0 Å².